The Morgan fingerprint density at radius 3 is 2.81 bits per heavy atom. The van der Waals surface area contributed by atoms with Gasteiger partial charge in [-0.25, -0.2) is 4.68 Å². The van der Waals surface area contributed by atoms with Crippen molar-refractivity contribution in [1.29, 1.82) is 0 Å². The average molecular weight is 217 g/mol. The zero-order valence-electron chi connectivity index (χ0n) is 9.53. The van der Waals surface area contributed by atoms with E-state index in [1.54, 1.807) is 0 Å². The van der Waals surface area contributed by atoms with Gasteiger partial charge in [-0.05, 0) is 19.1 Å². The van der Waals surface area contributed by atoms with Crippen molar-refractivity contribution in [3.8, 4) is 5.88 Å². The fourth-order valence-corrected chi connectivity index (χ4v) is 2.03. The number of nitrogens with one attached hydrogen (secondary N) is 1. The Bertz CT molecular complexity index is 528. The molecule has 2 aromatic rings. The van der Waals surface area contributed by atoms with Crippen LogP contribution in [0.2, 0.25) is 0 Å². The van der Waals surface area contributed by atoms with Gasteiger partial charge >= 0.3 is 0 Å². The zero-order chi connectivity index (χ0) is 11.2. The molecule has 3 rings (SSSR count). The van der Waals surface area contributed by atoms with E-state index >= 15 is 0 Å². The predicted octanol–water partition coefficient (Wildman–Crippen LogP) is 1.31. The van der Waals surface area contributed by atoms with Crippen LogP contribution in [0.4, 0.5) is 0 Å². The van der Waals surface area contributed by atoms with Gasteiger partial charge in [-0.1, -0.05) is 12.1 Å². The minimum Gasteiger partial charge on any atom is -0.468 e. The maximum absolute atomic E-state index is 6.06. The van der Waals surface area contributed by atoms with E-state index < -0.39 is 0 Å². The molecule has 1 saturated heterocycles. The molecule has 4 heteroatoms. The number of hydrogen-bond acceptors (Lipinski definition) is 3. The topological polar surface area (TPSA) is 39.1 Å². The first-order chi connectivity index (χ1) is 7.68. The highest BCUT2D eigenvalue weighted by molar-refractivity contribution is 5.84. The molecule has 0 radical (unpaired) electrons. The molecular formula is C12H15N3O. The lowest BCUT2D eigenvalue weighted by atomic mass is 10.0. The summed E-state index contributed by atoms with van der Waals surface area (Å²) in [4.78, 5) is 0. The summed E-state index contributed by atoms with van der Waals surface area (Å²) >= 11 is 0. The van der Waals surface area contributed by atoms with Crippen LogP contribution in [-0.2, 0) is 7.05 Å². The Morgan fingerprint density at radius 2 is 2.12 bits per heavy atom. The monoisotopic (exact) mass is 217 g/mol. The lowest BCUT2D eigenvalue weighted by molar-refractivity contribution is 0.0280. The van der Waals surface area contributed by atoms with Crippen LogP contribution in [0.3, 0.4) is 0 Å². The van der Waals surface area contributed by atoms with Crippen molar-refractivity contribution in [3.63, 3.8) is 0 Å². The smallest absolute Gasteiger partial charge is 0.220 e. The molecule has 0 amide bonds. The van der Waals surface area contributed by atoms with Crippen LogP contribution in [0.25, 0.3) is 10.9 Å². The van der Waals surface area contributed by atoms with Crippen molar-refractivity contribution in [2.24, 2.45) is 7.05 Å². The van der Waals surface area contributed by atoms with E-state index in [1.165, 1.54) is 0 Å². The van der Waals surface area contributed by atoms with Gasteiger partial charge in [-0.2, -0.15) is 5.10 Å². The van der Waals surface area contributed by atoms with Gasteiger partial charge in [-0.3, -0.25) is 0 Å². The maximum atomic E-state index is 6.06. The Morgan fingerprint density at radius 1 is 1.38 bits per heavy atom. The second kappa shape index (κ2) is 3.22. The summed E-state index contributed by atoms with van der Waals surface area (Å²) in [7, 11) is 1.92. The number of aromatic nitrogens is 2. The molecule has 1 aliphatic rings. The van der Waals surface area contributed by atoms with Crippen LogP contribution in [0, 0.1) is 0 Å². The molecular weight excluding hydrogens is 202 g/mol. The predicted molar refractivity (Wildman–Crippen MR) is 62.6 cm³/mol. The first-order valence-electron chi connectivity index (χ1n) is 5.49. The van der Waals surface area contributed by atoms with Gasteiger partial charge < -0.3 is 10.1 Å². The van der Waals surface area contributed by atoms with Gasteiger partial charge in [0.05, 0.1) is 10.9 Å². The Hall–Kier alpha value is -1.55. The third kappa shape index (κ3) is 1.38. The molecule has 0 bridgehead atoms. The molecule has 0 atom stereocenters. The van der Waals surface area contributed by atoms with Crippen LogP contribution < -0.4 is 10.1 Å². The Kier molecular flexibility index (Phi) is 1.94. The van der Waals surface area contributed by atoms with Crippen molar-refractivity contribution in [2.75, 3.05) is 13.1 Å². The second-order valence-corrected chi connectivity index (χ2v) is 4.60. The normalized spacial score (nSPS) is 18.4. The van der Waals surface area contributed by atoms with Crippen molar-refractivity contribution in [1.82, 2.24) is 15.1 Å². The summed E-state index contributed by atoms with van der Waals surface area (Å²) < 4.78 is 7.87. The summed E-state index contributed by atoms with van der Waals surface area (Å²) in [5.41, 5.74) is 0.896. The first-order valence-corrected chi connectivity index (χ1v) is 5.49. The number of fused-ring (bicyclic) bond motifs is 1. The summed E-state index contributed by atoms with van der Waals surface area (Å²) in [5.74, 6) is 0.861. The van der Waals surface area contributed by atoms with Gasteiger partial charge in [0.15, 0.2) is 0 Å². The molecule has 1 fully saturated rings. The first kappa shape index (κ1) is 9.66. The van der Waals surface area contributed by atoms with E-state index in [1.807, 2.05) is 36.0 Å². The number of hydrogen-bond donors (Lipinski definition) is 1. The third-order valence-corrected chi connectivity index (χ3v) is 3.03. The summed E-state index contributed by atoms with van der Waals surface area (Å²) in [6.07, 6.45) is 0. The maximum Gasteiger partial charge on any atom is 0.220 e. The Labute approximate surface area is 94.2 Å². The second-order valence-electron chi connectivity index (χ2n) is 4.60. The molecule has 1 aliphatic heterocycles. The van der Waals surface area contributed by atoms with Crippen LogP contribution in [0.5, 0.6) is 5.88 Å². The number of aryl methyl sites for hydroxylation is 1. The Balaban J connectivity index is 2.05. The van der Waals surface area contributed by atoms with Gasteiger partial charge in [0.25, 0.3) is 0 Å². The molecule has 1 aromatic carbocycles. The highest BCUT2D eigenvalue weighted by atomic mass is 16.5. The number of rotatable bonds is 2. The lowest BCUT2D eigenvalue weighted by Gasteiger charge is -2.39. The van der Waals surface area contributed by atoms with Crippen LogP contribution in [0.15, 0.2) is 24.3 Å². The van der Waals surface area contributed by atoms with Crippen molar-refractivity contribution >= 4 is 10.9 Å². The van der Waals surface area contributed by atoms with Gasteiger partial charge in [-0.15, -0.1) is 0 Å². The fourth-order valence-electron chi connectivity index (χ4n) is 2.03. The highest BCUT2D eigenvalue weighted by Gasteiger charge is 2.35. The minimum atomic E-state index is -0.0867. The van der Waals surface area contributed by atoms with E-state index in [2.05, 4.69) is 17.3 Å². The molecule has 2 heterocycles. The van der Waals surface area contributed by atoms with Crippen molar-refractivity contribution in [3.05, 3.63) is 24.3 Å². The molecule has 0 saturated carbocycles. The van der Waals surface area contributed by atoms with Gasteiger partial charge in [0.1, 0.15) is 5.60 Å². The number of nitrogens with zero attached hydrogens (tertiary/aromatic N) is 2. The summed E-state index contributed by atoms with van der Waals surface area (Å²) in [6.45, 7) is 3.91. The molecule has 16 heavy (non-hydrogen) atoms. The minimum absolute atomic E-state index is 0.0867. The van der Waals surface area contributed by atoms with E-state index in [0.29, 0.717) is 0 Å². The summed E-state index contributed by atoms with van der Waals surface area (Å²) in [5, 5.41) is 8.74. The van der Waals surface area contributed by atoms with Gasteiger partial charge in [0, 0.05) is 20.1 Å². The fraction of sp³-hybridized carbons (Fsp3) is 0.417. The van der Waals surface area contributed by atoms with E-state index in [4.69, 9.17) is 4.74 Å². The summed E-state index contributed by atoms with van der Waals surface area (Å²) in [6, 6.07) is 8.06. The van der Waals surface area contributed by atoms with E-state index in [-0.39, 0.29) is 5.60 Å². The molecule has 4 nitrogen and oxygen atoms in total. The molecule has 1 aromatic heterocycles. The van der Waals surface area contributed by atoms with Crippen LogP contribution in [-0.4, -0.2) is 28.5 Å². The molecule has 84 valence electrons. The highest BCUT2D eigenvalue weighted by Crippen LogP contribution is 2.29. The third-order valence-electron chi connectivity index (χ3n) is 3.03. The van der Waals surface area contributed by atoms with E-state index in [9.17, 15) is 0 Å². The van der Waals surface area contributed by atoms with Crippen molar-refractivity contribution in [2.45, 2.75) is 12.5 Å². The molecule has 1 N–H and O–H groups in total. The average Bonchev–Trinajstić information content (AvgIpc) is 2.53. The van der Waals surface area contributed by atoms with Crippen LogP contribution >= 0.6 is 0 Å². The standard InChI is InChI=1S/C12H15N3O/c1-12(7-13-8-12)16-11-9-5-3-4-6-10(9)14-15(11)2/h3-6,13H,7-8H2,1-2H3. The van der Waals surface area contributed by atoms with Gasteiger partial charge in [0.2, 0.25) is 5.88 Å². The molecule has 0 spiro atoms. The largest absolute Gasteiger partial charge is 0.468 e. The number of ether oxygens (including phenoxy) is 1. The molecule has 0 aliphatic carbocycles. The quantitative estimate of drug-likeness (QED) is 0.824. The zero-order valence-corrected chi connectivity index (χ0v) is 9.53. The van der Waals surface area contributed by atoms with Crippen LogP contribution in [0.1, 0.15) is 6.92 Å². The molecule has 0 unspecified atom stereocenters. The number of benzene rings is 1. The SMILES string of the molecule is Cn1nc2ccccc2c1OC1(C)CNC1. The van der Waals surface area contributed by atoms with Crippen molar-refractivity contribution < 1.29 is 4.74 Å². The van der Waals surface area contributed by atoms with E-state index in [0.717, 1.165) is 29.9 Å². The lowest BCUT2D eigenvalue weighted by Crippen LogP contribution is -2.61.